The molecule has 0 saturated carbocycles. The van der Waals surface area contributed by atoms with Crippen LogP contribution in [-0.4, -0.2) is 25.8 Å². The average Bonchev–Trinajstić information content (AvgIpc) is 3.34. The van der Waals surface area contributed by atoms with Crippen molar-refractivity contribution in [3.63, 3.8) is 0 Å². The number of halogens is 4. The van der Waals surface area contributed by atoms with Gasteiger partial charge in [-0.15, -0.1) is 0 Å². The topological polar surface area (TPSA) is 81.8 Å². The van der Waals surface area contributed by atoms with E-state index in [4.69, 9.17) is 0 Å². The molecule has 9 heteroatoms. The Labute approximate surface area is 167 Å². The molecule has 0 unspecified atom stereocenters. The molecule has 5 nitrogen and oxygen atoms in total. The normalized spacial score (nSPS) is 13.0. The van der Waals surface area contributed by atoms with Gasteiger partial charge in [-0.05, 0) is 36.8 Å². The third kappa shape index (κ3) is 3.48. The van der Waals surface area contributed by atoms with Gasteiger partial charge in [0.2, 0.25) is 0 Å². The van der Waals surface area contributed by atoms with Crippen molar-refractivity contribution in [3.8, 4) is 11.5 Å². The molecule has 2 aromatic carbocycles. The zero-order chi connectivity index (χ0) is 21.6. The maximum atomic E-state index is 14.3. The van der Waals surface area contributed by atoms with Crippen LogP contribution < -0.4 is 0 Å². The van der Waals surface area contributed by atoms with E-state index in [0.29, 0.717) is 16.8 Å². The molecule has 0 fully saturated rings. The molecule has 4 aromatic rings. The van der Waals surface area contributed by atoms with E-state index in [0.717, 1.165) is 12.1 Å². The van der Waals surface area contributed by atoms with Crippen molar-refractivity contribution in [2.24, 2.45) is 0 Å². The molecule has 4 rings (SSSR count). The molecule has 0 amide bonds. The number of H-pyrrole nitrogens is 2. The first-order valence-electron chi connectivity index (χ1n) is 8.92. The van der Waals surface area contributed by atoms with Crippen LogP contribution in [0.4, 0.5) is 17.6 Å². The first-order valence-corrected chi connectivity index (χ1v) is 8.92. The molecule has 0 aliphatic rings. The number of rotatable bonds is 4. The van der Waals surface area contributed by atoms with Gasteiger partial charge in [-0.3, -0.25) is 4.79 Å². The summed E-state index contributed by atoms with van der Waals surface area (Å²) in [6, 6.07) is 8.61. The highest BCUT2D eigenvalue weighted by Crippen LogP contribution is 2.33. The second-order valence-corrected chi connectivity index (χ2v) is 6.83. The molecule has 0 bridgehead atoms. The predicted octanol–water partition coefficient (Wildman–Crippen LogP) is 5.00. The summed E-state index contributed by atoms with van der Waals surface area (Å²) in [4.78, 5) is 22.5. The number of carbonyl (C=O) groups excluding carboxylic acids is 1. The number of fused-ring (bicyclic) bond motifs is 1. The van der Waals surface area contributed by atoms with Crippen molar-refractivity contribution in [3.05, 3.63) is 76.7 Å². The van der Waals surface area contributed by atoms with Crippen molar-refractivity contribution < 1.29 is 27.5 Å². The monoisotopic (exact) mass is 417 g/mol. The Morgan fingerprint density at radius 2 is 1.90 bits per heavy atom. The lowest BCUT2D eigenvalue weighted by atomic mass is 9.99. The Bertz CT molecular complexity index is 1250. The van der Waals surface area contributed by atoms with Gasteiger partial charge >= 0.3 is 6.18 Å². The summed E-state index contributed by atoms with van der Waals surface area (Å²) in [6.45, 7) is 1.50. The summed E-state index contributed by atoms with van der Waals surface area (Å²) in [5, 5.41) is 9.66. The number of nitrogens with one attached hydrogen (secondary N) is 2. The Morgan fingerprint density at radius 1 is 1.17 bits per heavy atom. The van der Waals surface area contributed by atoms with Gasteiger partial charge in [0.05, 0.1) is 22.9 Å². The highest BCUT2D eigenvalue weighted by atomic mass is 19.4. The lowest BCUT2D eigenvalue weighted by Crippen LogP contribution is -2.13. The number of aromatic amines is 2. The molecule has 2 aromatic heterocycles. The fourth-order valence-electron chi connectivity index (χ4n) is 3.21. The van der Waals surface area contributed by atoms with Gasteiger partial charge < -0.3 is 15.1 Å². The largest absolute Gasteiger partial charge is 0.417 e. The molecular weight excluding hydrogens is 402 g/mol. The van der Waals surface area contributed by atoms with Crippen molar-refractivity contribution in [2.45, 2.75) is 19.2 Å². The Kier molecular flexibility index (Phi) is 4.70. The minimum atomic E-state index is -4.66. The molecule has 1 atom stereocenters. The maximum Gasteiger partial charge on any atom is 0.417 e. The van der Waals surface area contributed by atoms with E-state index < -0.39 is 35.0 Å². The number of hydrogen-bond acceptors (Lipinski definition) is 3. The second-order valence-electron chi connectivity index (χ2n) is 6.83. The summed E-state index contributed by atoms with van der Waals surface area (Å²) in [7, 11) is 0. The third-order valence-electron chi connectivity index (χ3n) is 4.72. The van der Waals surface area contributed by atoms with Gasteiger partial charge in [0.25, 0.3) is 0 Å². The zero-order valence-corrected chi connectivity index (χ0v) is 15.5. The summed E-state index contributed by atoms with van der Waals surface area (Å²) >= 11 is 0. The first kappa shape index (κ1) is 19.8. The maximum absolute atomic E-state index is 14.3. The minimum absolute atomic E-state index is 0.00676. The van der Waals surface area contributed by atoms with Crippen LogP contribution in [-0.2, 0) is 6.18 Å². The van der Waals surface area contributed by atoms with E-state index >= 15 is 0 Å². The van der Waals surface area contributed by atoms with Crippen molar-refractivity contribution in [1.29, 1.82) is 0 Å². The van der Waals surface area contributed by atoms with Crippen LogP contribution in [0.1, 0.15) is 40.1 Å². The van der Waals surface area contributed by atoms with E-state index in [1.54, 1.807) is 6.07 Å². The lowest BCUT2D eigenvalue weighted by molar-refractivity contribution is -0.137. The van der Waals surface area contributed by atoms with E-state index in [2.05, 4.69) is 15.0 Å². The predicted molar refractivity (Wildman–Crippen MR) is 101 cm³/mol. The quantitative estimate of drug-likeness (QED) is 0.323. The fourth-order valence-corrected chi connectivity index (χ4v) is 3.21. The minimum Gasteiger partial charge on any atom is -0.389 e. The zero-order valence-electron chi connectivity index (χ0n) is 15.5. The summed E-state index contributed by atoms with van der Waals surface area (Å²) in [5.41, 5.74) is -0.433. The Morgan fingerprint density at radius 3 is 2.60 bits per heavy atom. The van der Waals surface area contributed by atoms with E-state index in [1.807, 2.05) is 0 Å². The summed E-state index contributed by atoms with van der Waals surface area (Å²) in [5.74, 6) is -1.23. The number of hydrogen-bond donors (Lipinski definition) is 3. The third-order valence-corrected chi connectivity index (χ3v) is 4.72. The van der Waals surface area contributed by atoms with Crippen LogP contribution in [0.3, 0.4) is 0 Å². The van der Waals surface area contributed by atoms with Crippen molar-refractivity contribution in [2.75, 3.05) is 0 Å². The average molecular weight is 417 g/mol. The van der Waals surface area contributed by atoms with Crippen LogP contribution in [0.5, 0.6) is 0 Å². The van der Waals surface area contributed by atoms with Gasteiger partial charge in [-0.2, -0.15) is 13.2 Å². The number of imidazole rings is 1. The van der Waals surface area contributed by atoms with Gasteiger partial charge in [0.15, 0.2) is 17.4 Å². The van der Waals surface area contributed by atoms with E-state index in [-0.39, 0.29) is 16.9 Å². The second kappa shape index (κ2) is 7.10. The fraction of sp³-hybridized carbons (Fsp3) is 0.143. The number of aliphatic hydroxyl groups excluding tert-OH is 1. The summed E-state index contributed by atoms with van der Waals surface area (Å²) in [6.07, 6.45) is -4.27. The number of nitrogens with zero attached hydrogens (tertiary/aromatic N) is 1. The SMILES string of the molecule is C[C@@H](O)c1cc(F)c2nc(-c3cc(C(=O)c4ccccc4C(F)(F)F)c[nH]3)[nH]c2c1. The van der Waals surface area contributed by atoms with E-state index in [9.17, 15) is 27.5 Å². The van der Waals surface area contributed by atoms with Crippen molar-refractivity contribution in [1.82, 2.24) is 15.0 Å². The first-order chi connectivity index (χ1) is 14.1. The van der Waals surface area contributed by atoms with Gasteiger partial charge in [0.1, 0.15) is 5.52 Å². The van der Waals surface area contributed by atoms with Gasteiger partial charge in [0, 0.05) is 17.3 Å². The van der Waals surface area contributed by atoms with Crippen LogP contribution >= 0.6 is 0 Å². The van der Waals surface area contributed by atoms with E-state index in [1.165, 1.54) is 37.4 Å². The molecule has 0 aliphatic heterocycles. The molecule has 2 heterocycles. The van der Waals surface area contributed by atoms with Crippen LogP contribution in [0.25, 0.3) is 22.6 Å². The highest BCUT2D eigenvalue weighted by molar-refractivity contribution is 6.10. The highest BCUT2D eigenvalue weighted by Gasteiger charge is 2.35. The summed E-state index contributed by atoms with van der Waals surface area (Å²) < 4.78 is 53.9. The van der Waals surface area contributed by atoms with Gasteiger partial charge in [-0.1, -0.05) is 18.2 Å². The lowest BCUT2D eigenvalue weighted by Gasteiger charge is -2.10. The van der Waals surface area contributed by atoms with Crippen molar-refractivity contribution >= 4 is 16.8 Å². The standard InChI is InChI=1S/C21H15F4N3O2/c1-10(29)11-6-15(22)18-16(7-11)27-20(28-18)17-8-12(9-26-17)19(30)13-4-2-3-5-14(13)21(23,24)25/h2-10,26,29H,1H3,(H,27,28)/t10-/m1/s1. The molecule has 0 saturated heterocycles. The number of carbonyl (C=O) groups is 1. The number of ketones is 1. The number of aromatic nitrogens is 3. The molecule has 0 radical (unpaired) electrons. The Balaban J connectivity index is 1.72. The molecule has 0 spiro atoms. The molecule has 154 valence electrons. The van der Waals surface area contributed by atoms with Gasteiger partial charge in [-0.25, -0.2) is 9.37 Å². The number of aliphatic hydroxyl groups is 1. The molecule has 0 aliphatic carbocycles. The van der Waals surface area contributed by atoms with Crippen LogP contribution in [0.2, 0.25) is 0 Å². The molecular formula is C21H15F4N3O2. The van der Waals surface area contributed by atoms with Crippen LogP contribution in [0, 0.1) is 5.82 Å². The number of alkyl halides is 3. The smallest absolute Gasteiger partial charge is 0.389 e. The van der Waals surface area contributed by atoms with Crippen LogP contribution in [0.15, 0.2) is 48.7 Å². The Hall–Kier alpha value is -3.46. The number of benzene rings is 2. The molecule has 30 heavy (non-hydrogen) atoms. The molecule has 3 N–H and O–H groups in total.